The maximum atomic E-state index is 10.1. The van der Waals surface area contributed by atoms with Gasteiger partial charge in [-0.05, 0) is 19.8 Å². The molecule has 102 valence electrons. The van der Waals surface area contributed by atoms with Crippen LogP contribution >= 0.6 is 0 Å². The smallest absolute Gasteiger partial charge is 0.115 e. The van der Waals surface area contributed by atoms with E-state index in [-0.39, 0.29) is 18.6 Å². The summed E-state index contributed by atoms with van der Waals surface area (Å²) in [5.74, 6) is 0.0878. The minimum absolute atomic E-state index is 0.0878. The van der Waals surface area contributed by atoms with Gasteiger partial charge in [-0.3, -0.25) is 0 Å². The summed E-state index contributed by atoms with van der Waals surface area (Å²) in [6.45, 7) is 7.24. The molecule has 1 saturated heterocycles. The van der Waals surface area contributed by atoms with Crippen molar-refractivity contribution >= 4 is 0 Å². The fourth-order valence-electron chi connectivity index (χ4n) is 2.14. The van der Waals surface area contributed by atoms with Crippen molar-refractivity contribution < 1.29 is 24.8 Å². The third-order valence-corrected chi connectivity index (χ3v) is 2.99. The van der Waals surface area contributed by atoms with Gasteiger partial charge in [0.2, 0.25) is 0 Å². The van der Waals surface area contributed by atoms with Crippen LogP contribution in [0.1, 0.15) is 27.7 Å². The summed E-state index contributed by atoms with van der Waals surface area (Å²) in [6.07, 6.45) is -3.83. The van der Waals surface area contributed by atoms with Crippen molar-refractivity contribution in [1.82, 2.24) is 0 Å². The van der Waals surface area contributed by atoms with Gasteiger partial charge in [0, 0.05) is 0 Å². The Labute approximate surface area is 102 Å². The molecule has 0 amide bonds. The Hall–Kier alpha value is -0.200. The number of rotatable bonds is 4. The minimum Gasteiger partial charge on any atom is -0.394 e. The molecule has 1 aliphatic rings. The van der Waals surface area contributed by atoms with Crippen molar-refractivity contribution in [2.75, 3.05) is 6.61 Å². The van der Waals surface area contributed by atoms with Gasteiger partial charge < -0.3 is 24.8 Å². The van der Waals surface area contributed by atoms with Gasteiger partial charge in [-0.2, -0.15) is 0 Å². The van der Waals surface area contributed by atoms with Crippen LogP contribution < -0.4 is 0 Å². The van der Waals surface area contributed by atoms with Crippen molar-refractivity contribution in [3.05, 3.63) is 0 Å². The number of aliphatic hydroxyl groups is 3. The molecule has 0 radical (unpaired) electrons. The largest absolute Gasteiger partial charge is 0.394 e. The second-order valence-electron chi connectivity index (χ2n) is 5.20. The average molecular weight is 248 g/mol. The Kier molecular flexibility index (Phi) is 5.34. The van der Waals surface area contributed by atoms with Gasteiger partial charge in [0.25, 0.3) is 0 Å². The first kappa shape index (κ1) is 14.9. The number of aliphatic hydroxyl groups excluding tert-OH is 3. The van der Waals surface area contributed by atoms with Gasteiger partial charge in [0.1, 0.15) is 24.4 Å². The van der Waals surface area contributed by atoms with Crippen LogP contribution in [-0.4, -0.2) is 58.6 Å². The second kappa shape index (κ2) is 6.11. The zero-order chi connectivity index (χ0) is 13.2. The van der Waals surface area contributed by atoms with Crippen LogP contribution in [0.5, 0.6) is 0 Å². The van der Waals surface area contributed by atoms with E-state index in [0.717, 1.165) is 0 Å². The third-order valence-electron chi connectivity index (χ3n) is 2.99. The molecular weight excluding hydrogens is 224 g/mol. The van der Waals surface area contributed by atoms with Gasteiger partial charge in [-0.25, -0.2) is 0 Å². The molecule has 0 aromatic rings. The summed E-state index contributed by atoms with van der Waals surface area (Å²) in [5.41, 5.74) is 0. The van der Waals surface area contributed by atoms with E-state index in [2.05, 4.69) is 0 Å². The van der Waals surface area contributed by atoms with Gasteiger partial charge in [0.05, 0.1) is 18.8 Å². The standard InChI is InChI=1S/C12H24O5/c1-6(2)11-10(15)12(16-7(3)4)9(14)8(5-13)17-11/h6-15H,5H2,1-4H3/t8?,9-,10?,11+,12?/m1/s1. The van der Waals surface area contributed by atoms with Crippen LogP contribution in [0.3, 0.4) is 0 Å². The molecule has 0 aromatic heterocycles. The minimum atomic E-state index is -1.01. The van der Waals surface area contributed by atoms with Crippen LogP contribution in [0.4, 0.5) is 0 Å². The van der Waals surface area contributed by atoms with Crippen molar-refractivity contribution in [3.63, 3.8) is 0 Å². The summed E-state index contributed by atoms with van der Waals surface area (Å²) in [7, 11) is 0. The quantitative estimate of drug-likeness (QED) is 0.648. The molecule has 5 heteroatoms. The molecule has 0 saturated carbocycles. The van der Waals surface area contributed by atoms with E-state index in [0.29, 0.717) is 0 Å². The number of hydrogen-bond donors (Lipinski definition) is 3. The predicted octanol–water partition coefficient (Wildman–Crippen LogP) is -0.0825. The number of hydrogen-bond acceptors (Lipinski definition) is 5. The third kappa shape index (κ3) is 3.39. The highest BCUT2D eigenvalue weighted by Gasteiger charge is 2.46. The molecule has 3 unspecified atom stereocenters. The van der Waals surface area contributed by atoms with E-state index >= 15 is 0 Å². The normalized spacial score (nSPS) is 39.0. The van der Waals surface area contributed by atoms with E-state index < -0.39 is 30.5 Å². The average Bonchev–Trinajstić information content (AvgIpc) is 2.23. The van der Waals surface area contributed by atoms with Crippen LogP contribution in [0.25, 0.3) is 0 Å². The molecule has 17 heavy (non-hydrogen) atoms. The summed E-state index contributed by atoms with van der Waals surface area (Å²) in [4.78, 5) is 0. The van der Waals surface area contributed by atoms with Gasteiger partial charge in [-0.1, -0.05) is 13.8 Å². The van der Waals surface area contributed by atoms with Crippen LogP contribution in [0.15, 0.2) is 0 Å². The van der Waals surface area contributed by atoms with E-state index in [1.165, 1.54) is 0 Å². The highest BCUT2D eigenvalue weighted by atomic mass is 16.6. The van der Waals surface area contributed by atoms with E-state index in [4.69, 9.17) is 9.47 Å². The van der Waals surface area contributed by atoms with Gasteiger partial charge >= 0.3 is 0 Å². The predicted molar refractivity (Wildman–Crippen MR) is 62.6 cm³/mol. The zero-order valence-electron chi connectivity index (χ0n) is 10.9. The van der Waals surface area contributed by atoms with E-state index in [1.807, 2.05) is 27.7 Å². The summed E-state index contributed by atoms with van der Waals surface area (Å²) < 4.78 is 11.0. The Morgan fingerprint density at radius 2 is 1.71 bits per heavy atom. The molecule has 0 spiro atoms. The van der Waals surface area contributed by atoms with Crippen LogP contribution in [0.2, 0.25) is 0 Å². The summed E-state index contributed by atoms with van der Waals surface area (Å²) in [5, 5.41) is 29.3. The molecule has 1 aliphatic heterocycles. The highest BCUT2D eigenvalue weighted by molar-refractivity contribution is 4.94. The summed E-state index contributed by atoms with van der Waals surface area (Å²) >= 11 is 0. The Morgan fingerprint density at radius 3 is 2.12 bits per heavy atom. The SMILES string of the molecule is CC(C)OC1C(O)[C@H](C(C)C)OC(CO)[C@H]1O. The van der Waals surface area contributed by atoms with E-state index in [1.54, 1.807) is 0 Å². The first-order valence-corrected chi connectivity index (χ1v) is 6.16. The lowest BCUT2D eigenvalue weighted by molar-refractivity contribution is -0.256. The lowest BCUT2D eigenvalue weighted by Crippen LogP contribution is -2.61. The monoisotopic (exact) mass is 248 g/mol. The molecule has 1 fully saturated rings. The highest BCUT2D eigenvalue weighted by Crippen LogP contribution is 2.28. The molecule has 5 atom stereocenters. The Balaban J connectivity index is 2.82. The molecule has 0 aliphatic carbocycles. The molecule has 1 heterocycles. The summed E-state index contributed by atoms with van der Waals surface area (Å²) in [6, 6.07) is 0. The second-order valence-corrected chi connectivity index (χ2v) is 5.20. The lowest BCUT2D eigenvalue weighted by atomic mass is 9.89. The zero-order valence-corrected chi connectivity index (χ0v) is 10.9. The Bertz CT molecular complexity index is 231. The topological polar surface area (TPSA) is 79.2 Å². The van der Waals surface area contributed by atoms with Crippen LogP contribution in [0, 0.1) is 5.92 Å². The number of ether oxygens (including phenoxy) is 2. The molecular formula is C12H24O5. The van der Waals surface area contributed by atoms with Crippen molar-refractivity contribution in [1.29, 1.82) is 0 Å². The van der Waals surface area contributed by atoms with Gasteiger partial charge in [-0.15, -0.1) is 0 Å². The maximum absolute atomic E-state index is 10.1. The van der Waals surface area contributed by atoms with E-state index in [9.17, 15) is 15.3 Å². The Morgan fingerprint density at radius 1 is 1.12 bits per heavy atom. The molecule has 0 aromatic carbocycles. The molecule has 3 N–H and O–H groups in total. The first-order chi connectivity index (χ1) is 7.88. The molecule has 0 bridgehead atoms. The van der Waals surface area contributed by atoms with Crippen molar-refractivity contribution in [2.45, 2.75) is 64.3 Å². The maximum Gasteiger partial charge on any atom is 0.115 e. The van der Waals surface area contributed by atoms with Crippen molar-refractivity contribution in [3.8, 4) is 0 Å². The molecule has 1 rings (SSSR count). The first-order valence-electron chi connectivity index (χ1n) is 6.16. The van der Waals surface area contributed by atoms with Gasteiger partial charge in [0.15, 0.2) is 0 Å². The molecule has 5 nitrogen and oxygen atoms in total. The fraction of sp³-hybridized carbons (Fsp3) is 1.00. The van der Waals surface area contributed by atoms with Crippen molar-refractivity contribution in [2.24, 2.45) is 5.92 Å². The lowest BCUT2D eigenvalue weighted by Gasteiger charge is -2.44. The van der Waals surface area contributed by atoms with Crippen LogP contribution in [-0.2, 0) is 9.47 Å². The fourth-order valence-corrected chi connectivity index (χ4v) is 2.14.